The molecule has 0 bridgehead atoms. The lowest BCUT2D eigenvalue weighted by molar-refractivity contribution is 0.306. The molecule has 0 aliphatic carbocycles. The number of hydrogen-bond donors (Lipinski definition) is 0. The molecule has 0 atom stereocenters. The molecule has 0 radical (unpaired) electrons. The third-order valence-electron chi connectivity index (χ3n) is 2.93. The van der Waals surface area contributed by atoms with Crippen LogP contribution in [0.3, 0.4) is 0 Å². The molecule has 98 valence electrons. The van der Waals surface area contributed by atoms with E-state index in [4.69, 9.17) is 10.00 Å². The fourth-order valence-corrected chi connectivity index (χ4v) is 2.82. The topological polar surface area (TPSA) is 45.9 Å². The first-order valence-electron chi connectivity index (χ1n) is 6.23. The van der Waals surface area contributed by atoms with Crippen molar-refractivity contribution >= 4 is 21.6 Å². The third-order valence-corrected chi connectivity index (χ3v) is 3.88. The van der Waals surface area contributed by atoms with E-state index < -0.39 is 0 Å². The number of aryl methyl sites for hydroxylation is 1. The van der Waals surface area contributed by atoms with Crippen LogP contribution >= 0.6 is 11.3 Å². The number of nitriles is 1. The van der Waals surface area contributed by atoms with E-state index in [1.807, 2.05) is 43.3 Å². The van der Waals surface area contributed by atoms with Gasteiger partial charge in [-0.15, -0.1) is 11.3 Å². The van der Waals surface area contributed by atoms with Crippen molar-refractivity contribution in [1.29, 1.82) is 5.26 Å². The predicted octanol–water partition coefficient (Wildman–Crippen LogP) is 4.06. The first-order valence-corrected chi connectivity index (χ1v) is 7.05. The quantitative estimate of drug-likeness (QED) is 0.727. The van der Waals surface area contributed by atoms with Gasteiger partial charge in [0.2, 0.25) is 0 Å². The largest absolute Gasteiger partial charge is 0.489 e. The highest BCUT2D eigenvalue weighted by Crippen LogP contribution is 2.26. The number of ether oxygens (including phenoxy) is 1. The zero-order valence-electron chi connectivity index (χ0n) is 11.0. The Hall–Kier alpha value is -2.38. The smallest absolute Gasteiger partial charge is 0.122 e. The number of hydrogen-bond acceptors (Lipinski definition) is 4. The van der Waals surface area contributed by atoms with Gasteiger partial charge in [0.05, 0.1) is 26.9 Å². The molecular formula is C16H12N2OS. The van der Waals surface area contributed by atoms with Crippen LogP contribution in [0.25, 0.3) is 10.2 Å². The molecule has 0 unspecified atom stereocenters. The predicted molar refractivity (Wildman–Crippen MR) is 79.8 cm³/mol. The fourth-order valence-electron chi connectivity index (χ4n) is 2.01. The van der Waals surface area contributed by atoms with E-state index in [1.54, 1.807) is 17.4 Å². The summed E-state index contributed by atoms with van der Waals surface area (Å²) in [6.45, 7) is 2.45. The van der Waals surface area contributed by atoms with Crippen molar-refractivity contribution < 1.29 is 4.74 Å². The average Bonchev–Trinajstić information content (AvgIpc) is 2.84. The zero-order chi connectivity index (χ0) is 13.9. The van der Waals surface area contributed by atoms with Crippen LogP contribution in [0.5, 0.6) is 5.75 Å². The Morgan fingerprint density at radius 2 is 2.15 bits per heavy atom. The van der Waals surface area contributed by atoms with Gasteiger partial charge in [-0.2, -0.15) is 5.26 Å². The van der Waals surface area contributed by atoms with Crippen LogP contribution in [-0.2, 0) is 6.61 Å². The van der Waals surface area contributed by atoms with Crippen LogP contribution in [0.15, 0.2) is 42.5 Å². The van der Waals surface area contributed by atoms with Gasteiger partial charge in [0.1, 0.15) is 12.4 Å². The number of fused-ring (bicyclic) bond motifs is 1. The lowest BCUT2D eigenvalue weighted by Gasteiger charge is -2.06. The molecule has 0 amide bonds. The van der Waals surface area contributed by atoms with E-state index in [-0.39, 0.29) is 0 Å². The molecule has 3 aromatic rings. The summed E-state index contributed by atoms with van der Waals surface area (Å²) in [7, 11) is 0. The summed E-state index contributed by atoms with van der Waals surface area (Å²) in [5, 5.41) is 9.92. The minimum atomic E-state index is 0.449. The Labute approximate surface area is 121 Å². The highest BCUT2D eigenvalue weighted by atomic mass is 32.1. The molecule has 3 nitrogen and oxygen atoms in total. The van der Waals surface area contributed by atoms with E-state index in [2.05, 4.69) is 11.1 Å². The molecule has 0 spiro atoms. The number of rotatable bonds is 3. The highest BCUT2D eigenvalue weighted by Gasteiger charge is 2.03. The second kappa shape index (κ2) is 5.32. The van der Waals surface area contributed by atoms with Gasteiger partial charge in [-0.05, 0) is 36.8 Å². The van der Waals surface area contributed by atoms with Crippen molar-refractivity contribution in [3.8, 4) is 11.8 Å². The Morgan fingerprint density at radius 1 is 1.25 bits per heavy atom. The van der Waals surface area contributed by atoms with E-state index in [9.17, 15) is 0 Å². The molecule has 3 rings (SSSR count). The first-order chi connectivity index (χ1) is 9.74. The van der Waals surface area contributed by atoms with E-state index >= 15 is 0 Å². The maximum Gasteiger partial charge on any atom is 0.122 e. The number of benzene rings is 2. The van der Waals surface area contributed by atoms with Crippen LogP contribution in [-0.4, -0.2) is 4.98 Å². The fraction of sp³-hybridized carbons (Fsp3) is 0.125. The molecule has 2 aromatic carbocycles. The van der Waals surface area contributed by atoms with Gasteiger partial charge >= 0.3 is 0 Å². The molecule has 4 heteroatoms. The first kappa shape index (κ1) is 12.6. The Bertz CT molecular complexity index is 802. The van der Waals surface area contributed by atoms with Crippen LogP contribution in [0.4, 0.5) is 0 Å². The molecule has 0 saturated carbocycles. The van der Waals surface area contributed by atoms with Gasteiger partial charge in [0.15, 0.2) is 0 Å². The summed E-state index contributed by atoms with van der Waals surface area (Å²) in [6.07, 6.45) is 0. The van der Waals surface area contributed by atoms with Gasteiger partial charge in [0, 0.05) is 6.07 Å². The standard InChI is InChI=1S/C16H12N2OS/c1-11-18-15-8-14(5-6-16(15)20-11)19-10-13-4-2-3-12(7-13)9-17/h2-8H,10H2,1H3. The van der Waals surface area contributed by atoms with Gasteiger partial charge in [-0.3, -0.25) is 0 Å². The van der Waals surface area contributed by atoms with Crippen molar-refractivity contribution in [3.05, 3.63) is 58.6 Å². The average molecular weight is 280 g/mol. The summed E-state index contributed by atoms with van der Waals surface area (Å²) in [4.78, 5) is 4.45. The molecule has 1 heterocycles. The van der Waals surface area contributed by atoms with Crippen molar-refractivity contribution in [3.63, 3.8) is 0 Å². The zero-order valence-corrected chi connectivity index (χ0v) is 11.8. The summed E-state index contributed by atoms with van der Waals surface area (Å²) in [6, 6.07) is 15.5. The SMILES string of the molecule is Cc1nc2cc(OCc3cccc(C#N)c3)ccc2s1. The second-order valence-corrected chi connectivity index (χ2v) is 5.70. The summed E-state index contributed by atoms with van der Waals surface area (Å²) >= 11 is 1.68. The van der Waals surface area contributed by atoms with Crippen LogP contribution in [0.1, 0.15) is 16.1 Å². The molecular weight excluding hydrogens is 268 g/mol. The Balaban J connectivity index is 1.77. The summed E-state index contributed by atoms with van der Waals surface area (Å²) in [5.74, 6) is 0.796. The molecule has 0 N–H and O–H groups in total. The van der Waals surface area contributed by atoms with Crippen LogP contribution < -0.4 is 4.74 Å². The van der Waals surface area contributed by atoms with Crippen LogP contribution in [0, 0.1) is 18.3 Å². The van der Waals surface area contributed by atoms with E-state index in [0.717, 1.165) is 21.8 Å². The summed E-state index contributed by atoms with van der Waals surface area (Å²) < 4.78 is 6.93. The van der Waals surface area contributed by atoms with Gasteiger partial charge in [0.25, 0.3) is 0 Å². The monoisotopic (exact) mass is 280 g/mol. The Kier molecular flexibility index (Phi) is 3.36. The van der Waals surface area contributed by atoms with Crippen molar-refractivity contribution in [2.75, 3.05) is 0 Å². The number of thiazole rings is 1. The number of nitrogens with zero attached hydrogens (tertiary/aromatic N) is 2. The van der Waals surface area contributed by atoms with E-state index in [0.29, 0.717) is 12.2 Å². The molecule has 0 saturated heterocycles. The van der Waals surface area contributed by atoms with Gasteiger partial charge in [-0.1, -0.05) is 12.1 Å². The van der Waals surface area contributed by atoms with Crippen molar-refractivity contribution in [2.24, 2.45) is 0 Å². The van der Waals surface area contributed by atoms with Gasteiger partial charge in [-0.25, -0.2) is 4.98 Å². The normalized spacial score (nSPS) is 10.4. The lowest BCUT2D eigenvalue weighted by Crippen LogP contribution is -1.95. The molecule has 0 fully saturated rings. The molecule has 0 aliphatic rings. The molecule has 20 heavy (non-hydrogen) atoms. The Morgan fingerprint density at radius 3 is 3.00 bits per heavy atom. The van der Waals surface area contributed by atoms with Crippen molar-refractivity contribution in [1.82, 2.24) is 4.98 Å². The van der Waals surface area contributed by atoms with Gasteiger partial charge < -0.3 is 4.74 Å². The van der Waals surface area contributed by atoms with E-state index in [1.165, 1.54) is 4.70 Å². The maximum atomic E-state index is 8.87. The van der Waals surface area contributed by atoms with Crippen molar-refractivity contribution in [2.45, 2.75) is 13.5 Å². The molecule has 1 aromatic heterocycles. The lowest BCUT2D eigenvalue weighted by atomic mass is 10.1. The third kappa shape index (κ3) is 2.63. The minimum Gasteiger partial charge on any atom is -0.489 e. The summed E-state index contributed by atoms with van der Waals surface area (Å²) in [5.41, 5.74) is 2.60. The minimum absolute atomic E-state index is 0.449. The maximum absolute atomic E-state index is 8.87. The number of aromatic nitrogens is 1. The highest BCUT2D eigenvalue weighted by molar-refractivity contribution is 7.18. The second-order valence-electron chi connectivity index (χ2n) is 4.46. The van der Waals surface area contributed by atoms with Crippen LogP contribution in [0.2, 0.25) is 0 Å². The molecule has 0 aliphatic heterocycles.